The summed E-state index contributed by atoms with van der Waals surface area (Å²) in [4.78, 5) is 48.2. The minimum atomic E-state index is -0.529. The Morgan fingerprint density at radius 2 is 1.80 bits per heavy atom. The number of anilines is 2. The number of carbonyl (C=O) groups excluding carboxylic acids is 3. The number of carbonyl (C=O) groups is 3. The molecule has 0 aliphatic carbocycles. The predicted molar refractivity (Wildman–Crippen MR) is 173 cm³/mol. The van der Waals surface area contributed by atoms with Crippen LogP contribution in [-0.4, -0.2) is 123 Å². The summed E-state index contributed by atoms with van der Waals surface area (Å²) in [6.07, 6.45) is -0.204. The lowest BCUT2D eigenvalue weighted by Crippen LogP contribution is -2.50. The van der Waals surface area contributed by atoms with E-state index in [2.05, 4.69) is 22.2 Å². The van der Waals surface area contributed by atoms with Gasteiger partial charge in [0.1, 0.15) is 11.9 Å². The SMILES string of the molecule is CCC(=S)NCC1CN(c2ccc(N3CCN(C(=O)COC(=O)c4cccc(CN5CCN(C)CC5)c4)CC3)c(F)c2)C(=O)O1. The third kappa shape index (κ3) is 8.47. The number of cyclic esters (lactones) is 1. The predicted octanol–water partition coefficient (Wildman–Crippen LogP) is 2.73. The van der Waals surface area contributed by atoms with Crippen LogP contribution in [-0.2, 0) is 20.8 Å². The van der Waals surface area contributed by atoms with Crippen molar-refractivity contribution in [3.05, 3.63) is 59.4 Å². The number of hydrogen-bond donors (Lipinski definition) is 1. The Balaban J connectivity index is 1.07. The fourth-order valence-electron chi connectivity index (χ4n) is 5.67. The molecule has 3 heterocycles. The van der Waals surface area contributed by atoms with E-state index in [0.717, 1.165) is 38.3 Å². The van der Waals surface area contributed by atoms with Crippen LogP contribution in [0, 0.1) is 5.82 Å². The summed E-state index contributed by atoms with van der Waals surface area (Å²) in [6, 6.07) is 12.0. The fourth-order valence-corrected chi connectivity index (χ4v) is 5.75. The number of piperazine rings is 2. The molecule has 3 aliphatic rings. The Bertz CT molecular complexity index is 1400. The standard InChI is InChI=1S/C32H41FN6O5S/c1-3-29(45)34-19-26-21-39(32(42)44-26)25-7-8-28(27(33)18-25)37-13-15-38(16-14-37)30(40)22-43-31(41)24-6-4-5-23(17-24)20-36-11-9-35(2)10-12-36/h4-8,17-18,26H,3,9-16,19-22H2,1-2H3,(H,34,45). The average molecular weight is 641 g/mol. The molecule has 0 spiro atoms. The number of nitrogens with zero attached hydrogens (tertiary/aromatic N) is 5. The van der Waals surface area contributed by atoms with Gasteiger partial charge in [0.2, 0.25) is 0 Å². The van der Waals surface area contributed by atoms with Crippen molar-refractivity contribution in [3.8, 4) is 0 Å². The van der Waals surface area contributed by atoms with Crippen LogP contribution in [0.5, 0.6) is 0 Å². The molecule has 0 bridgehead atoms. The molecule has 1 unspecified atom stereocenters. The highest BCUT2D eigenvalue weighted by molar-refractivity contribution is 7.80. The number of hydrogen-bond acceptors (Lipinski definition) is 9. The highest BCUT2D eigenvalue weighted by atomic mass is 32.1. The topological polar surface area (TPSA) is 97.9 Å². The van der Waals surface area contributed by atoms with Crippen LogP contribution in [0.1, 0.15) is 29.3 Å². The van der Waals surface area contributed by atoms with E-state index in [9.17, 15) is 14.4 Å². The maximum absolute atomic E-state index is 15.2. The normalized spacial score (nSPS) is 19.4. The van der Waals surface area contributed by atoms with Crippen LogP contribution in [0.4, 0.5) is 20.6 Å². The van der Waals surface area contributed by atoms with Gasteiger partial charge in [0.05, 0.1) is 35.0 Å². The number of amides is 2. The van der Waals surface area contributed by atoms with E-state index in [4.69, 9.17) is 21.7 Å². The van der Waals surface area contributed by atoms with Gasteiger partial charge in [-0.15, -0.1) is 0 Å². The van der Waals surface area contributed by atoms with Crippen LogP contribution >= 0.6 is 12.2 Å². The first-order valence-electron chi connectivity index (χ1n) is 15.4. The summed E-state index contributed by atoms with van der Waals surface area (Å²) in [5.41, 5.74) is 2.27. The second-order valence-corrected chi connectivity index (χ2v) is 12.1. The van der Waals surface area contributed by atoms with Gasteiger partial charge in [-0.25, -0.2) is 14.0 Å². The lowest BCUT2D eigenvalue weighted by Gasteiger charge is -2.36. The van der Waals surface area contributed by atoms with Crippen LogP contribution in [0.25, 0.3) is 0 Å². The molecule has 11 nitrogen and oxygen atoms in total. The molecule has 242 valence electrons. The maximum Gasteiger partial charge on any atom is 0.414 e. The van der Waals surface area contributed by atoms with Gasteiger partial charge in [0, 0.05) is 58.9 Å². The molecule has 0 aromatic heterocycles. The summed E-state index contributed by atoms with van der Waals surface area (Å²) < 4.78 is 26.0. The summed E-state index contributed by atoms with van der Waals surface area (Å²) in [7, 11) is 2.11. The zero-order chi connectivity index (χ0) is 31.9. The lowest BCUT2D eigenvalue weighted by molar-refractivity contribution is -0.134. The van der Waals surface area contributed by atoms with E-state index in [1.165, 1.54) is 11.0 Å². The second-order valence-electron chi connectivity index (χ2n) is 11.6. The van der Waals surface area contributed by atoms with Crippen molar-refractivity contribution in [1.82, 2.24) is 20.0 Å². The van der Waals surface area contributed by atoms with E-state index in [-0.39, 0.29) is 18.6 Å². The Kier molecular flexibility index (Phi) is 10.8. The first-order chi connectivity index (χ1) is 21.7. The van der Waals surface area contributed by atoms with Crippen LogP contribution in [0.2, 0.25) is 0 Å². The van der Waals surface area contributed by atoms with Gasteiger partial charge >= 0.3 is 12.1 Å². The zero-order valence-corrected chi connectivity index (χ0v) is 26.7. The summed E-state index contributed by atoms with van der Waals surface area (Å²) in [5.74, 6) is -1.28. The van der Waals surface area contributed by atoms with Gasteiger partial charge in [-0.2, -0.15) is 0 Å². The smallest absolute Gasteiger partial charge is 0.414 e. The van der Waals surface area contributed by atoms with Gasteiger partial charge in [0.15, 0.2) is 6.61 Å². The van der Waals surface area contributed by atoms with Crippen molar-refractivity contribution in [3.63, 3.8) is 0 Å². The van der Waals surface area contributed by atoms with Crippen LogP contribution in [0.15, 0.2) is 42.5 Å². The maximum atomic E-state index is 15.2. The monoisotopic (exact) mass is 640 g/mol. The number of ether oxygens (including phenoxy) is 2. The molecular formula is C32H41FN6O5S. The van der Waals surface area contributed by atoms with Crippen LogP contribution in [0.3, 0.4) is 0 Å². The molecular weight excluding hydrogens is 599 g/mol. The Morgan fingerprint density at radius 3 is 2.51 bits per heavy atom. The number of halogens is 1. The quantitative estimate of drug-likeness (QED) is 0.309. The van der Waals surface area contributed by atoms with E-state index in [1.54, 1.807) is 23.1 Å². The Labute approximate surface area is 268 Å². The summed E-state index contributed by atoms with van der Waals surface area (Å²) in [6.45, 7) is 8.62. The molecule has 1 atom stereocenters. The number of likely N-dealkylation sites (N-methyl/N-ethyl adjacent to an activating group) is 1. The Hall–Kier alpha value is -3.81. The molecule has 3 saturated heterocycles. The highest BCUT2D eigenvalue weighted by Gasteiger charge is 2.33. The van der Waals surface area contributed by atoms with Crippen molar-refractivity contribution >= 4 is 46.6 Å². The molecule has 0 radical (unpaired) electrons. The molecule has 3 aliphatic heterocycles. The van der Waals surface area contributed by atoms with Gasteiger partial charge in [-0.3, -0.25) is 14.6 Å². The molecule has 13 heteroatoms. The minimum absolute atomic E-state index is 0.288. The molecule has 2 aromatic carbocycles. The number of benzene rings is 2. The van der Waals surface area contributed by atoms with Crippen molar-refractivity contribution in [2.45, 2.75) is 26.0 Å². The fraction of sp³-hybridized carbons (Fsp3) is 0.500. The number of nitrogens with one attached hydrogen (secondary N) is 1. The largest absolute Gasteiger partial charge is 0.452 e. The number of rotatable bonds is 10. The number of esters is 1. The molecule has 45 heavy (non-hydrogen) atoms. The van der Waals surface area contributed by atoms with E-state index >= 15 is 4.39 Å². The van der Waals surface area contributed by atoms with Crippen molar-refractivity contribution in [1.29, 1.82) is 0 Å². The number of thiocarbonyl (C=S) groups is 1. The van der Waals surface area contributed by atoms with E-state index < -0.39 is 17.9 Å². The molecule has 2 aromatic rings. The lowest BCUT2D eigenvalue weighted by atomic mass is 10.1. The molecule has 2 amide bonds. The third-order valence-electron chi connectivity index (χ3n) is 8.43. The second kappa shape index (κ2) is 15.0. The Morgan fingerprint density at radius 1 is 1.04 bits per heavy atom. The molecule has 0 saturated carbocycles. The van der Waals surface area contributed by atoms with E-state index in [1.807, 2.05) is 30.0 Å². The van der Waals surface area contributed by atoms with Gasteiger partial charge in [-0.05, 0) is 49.4 Å². The van der Waals surface area contributed by atoms with Gasteiger partial charge in [-0.1, -0.05) is 31.3 Å². The minimum Gasteiger partial charge on any atom is -0.452 e. The molecule has 3 fully saturated rings. The summed E-state index contributed by atoms with van der Waals surface area (Å²) >= 11 is 5.16. The highest BCUT2D eigenvalue weighted by Crippen LogP contribution is 2.28. The van der Waals surface area contributed by atoms with Crippen molar-refractivity contribution in [2.75, 3.05) is 88.9 Å². The van der Waals surface area contributed by atoms with Crippen molar-refractivity contribution in [2.24, 2.45) is 0 Å². The first-order valence-corrected chi connectivity index (χ1v) is 15.8. The van der Waals surface area contributed by atoms with Gasteiger partial charge < -0.3 is 29.5 Å². The average Bonchev–Trinajstić information content (AvgIpc) is 3.43. The summed E-state index contributed by atoms with van der Waals surface area (Å²) in [5, 5.41) is 3.07. The zero-order valence-electron chi connectivity index (χ0n) is 25.9. The van der Waals surface area contributed by atoms with Gasteiger partial charge in [0.25, 0.3) is 5.91 Å². The third-order valence-corrected chi connectivity index (χ3v) is 8.86. The van der Waals surface area contributed by atoms with E-state index in [0.29, 0.717) is 67.6 Å². The molecule has 5 rings (SSSR count). The van der Waals surface area contributed by atoms with Crippen LogP contribution < -0.4 is 15.1 Å². The molecule has 1 N–H and O–H groups in total. The first kappa shape index (κ1) is 32.6. The van der Waals surface area contributed by atoms with Crippen molar-refractivity contribution < 1.29 is 28.2 Å².